The van der Waals surface area contributed by atoms with Crippen LogP contribution < -0.4 is 35.1 Å². The Labute approximate surface area is 147 Å². The molecule has 0 saturated carbocycles. The molecule has 0 fully saturated rings. The van der Waals surface area contributed by atoms with Gasteiger partial charge in [-0.3, -0.25) is 9.48 Å². The summed E-state index contributed by atoms with van der Waals surface area (Å²) in [7, 11) is 1.91. The van der Waals surface area contributed by atoms with Gasteiger partial charge in [0.25, 0.3) is 5.56 Å². The number of hydrogen-bond donors (Lipinski definition) is 0. The number of benzene rings is 2. The van der Waals surface area contributed by atoms with Gasteiger partial charge in [-0.15, -0.1) is 0 Å². The van der Waals surface area contributed by atoms with Gasteiger partial charge in [0.05, 0.1) is 11.3 Å². The minimum Gasteiger partial charge on any atom is -1.00 e. The Kier molecular flexibility index (Phi) is 4.88. The van der Waals surface area contributed by atoms with Crippen LogP contribution in [0.3, 0.4) is 0 Å². The molecule has 3 aromatic rings. The van der Waals surface area contributed by atoms with E-state index in [0.717, 1.165) is 22.5 Å². The molecule has 0 unspecified atom stereocenters. The van der Waals surface area contributed by atoms with Gasteiger partial charge >= 0.3 is 29.6 Å². The molecule has 0 aliphatic heterocycles. The smallest absolute Gasteiger partial charge is 1.00 e. The number of para-hydroxylation sites is 1. The van der Waals surface area contributed by atoms with E-state index in [0.29, 0.717) is 0 Å². The molecular weight excluding hydrogens is 271 g/mol. The molecule has 0 spiro atoms. The second-order valence-electron chi connectivity index (χ2n) is 4.80. The number of rotatable bonds is 2. The van der Waals surface area contributed by atoms with Crippen molar-refractivity contribution in [3.63, 3.8) is 0 Å². The summed E-state index contributed by atoms with van der Waals surface area (Å²) >= 11 is 0. The molecule has 0 amide bonds. The van der Waals surface area contributed by atoms with Crippen molar-refractivity contribution in [3.8, 4) is 16.8 Å². The van der Waals surface area contributed by atoms with E-state index in [1.54, 1.807) is 4.68 Å². The molecule has 0 N–H and O–H groups in total. The third kappa shape index (κ3) is 2.77. The summed E-state index contributed by atoms with van der Waals surface area (Å²) in [4.78, 5) is 12.8. The van der Waals surface area contributed by atoms with E-state index in [-0.39, 0.29) is 36.5 Å². The largest absolute Gasteiger partial charge is 1.00 e. The van der Waals surface area contributed by atoms with Crippen LogP contribution in [0.5, 0.6) is 0 Å². The zero-order chi connectivity index (χ0) is 14.1. The van der Waals surface area contributed by atoms with Crippen LogP contribution in [0.1, 0.15) is 7.12 Å². The fraction of sp³-hybridized carbons (Fsp3) is 0.118. The zero-order valence-corrected chi connectivity index (χ0v) is 14.6. The van der Waals surface area contributed by atoms with Gasteiger partial charge in [0.15, 0.2) is 0 Å². The summed E-state index contributed by atoms with van der Waals surface area (Å²) in [5, 5.41) is 0. The second kappa shape index (κ2) is 6.48. The Balaban J connectivity index is 0.00000121. The van der Waals surface area contributed by atoms with Crippen LogP contribution in [0.15, 0.2) is 65.5 Å². The Morgan fingerprint density at radius 2 is 1.43 bits per heavy atom. The maximum Gasteiger partial charge on any atom is 1.00 e. The van der Waals surface area contributed by atoms with Crippen LogP contribution in [0.4, 0.5) is 0 Å². The van der Waals surface area contributed by atoms with E-state index in [4.69, 9.17) is 0 Å². The third-order valence-electron chi connectivity index (χ3n) is 3.62. The molecule has 0 bridgehead atoms. The molecule has 21 heavy (non-hydrogen) atoms. The second-order valence-corrected chi connectivity index (χ2v) is 4.80. The molecule has 0 aliphatic carbocycles. The van der Waals surface area contributed by atoms with Crippen LogP contribution in [0.2, 0.25) is 0 Å². The first-order valence-electron chi connectivity index (χ1n) is 6.59. The van der Waals surface area contributed by atoms with Crippen LogP contribution in [-0.2, 0) is 7.05 Å². The van der Waals surface area contributed by atoms with Gasteiger partial charge in [-0.25, -0.2) is 4.68 Å². The maximum atomic E-state index is 12.8. The molecule has 2 aromatic carbocycles. The van der Waals surface area contributed by atoms with Gasteiger partial charge in [0.2, 0.25) is 0 Å². The molecule has 1 heterocycles. The van der Waals surface area contributed by atoms with E-state index in [2.05, 4.69) is 0 Å². The number of aromatic nitrogens is 2. The van der Waals surface area contributed by atoms with Crippen molar-refractivity contribution in [3.05, 3.63) is 76.7 Å². The van der Waals surface area contributed by atoms with Crippen LogP contribution in [0.25, 0.3) is 16.8 Å². The summed E-state index contributed by atoms with van der Waals surface area (Å²) in [5.74, 6) is 0. The average Bonchev–Trinajstić information content (AvgIpc) is 2.71. The molecule has 0 radical (unpaired) electrons. The monoisotopic (exact) mass is 288 g/mol. The molecule has 0 aliphatic rings. The van der Waals surface area contributed by atoms with Gasteiger partial charge in [-0.2, -0.15) is 0 Å². The SMILES string of the molecule is Cc1c(-c2ccccc2)c(=O)n(-c2ccccc2)n1C.[H-].[Na+]. The summed E-state index contributed by atoms with van der Waals surface area (Å²) < 4.78 is 3.61. The van der Waals surface area contributed by atoms with Gasteiger partial charge in [-0.1, -0.05) is 48.5 Å². The Bertz CT molecular complexity index is 729. The van der Waals surface area contributed by atoms with Gasteiger partial charge < -0.3 is 1.43 Å². The molecule has 4 heteroatoms. The van der Waals surface area contributed by atoms with Crippen LogP contribution in [0, 0.1) is 6.92 Å². The van der Waals surface area contributed by atoms with Crippen molar-refractivity contribution in [1.29, 1.82) is 0 Å². The van der Waals surface area contributed by atoms with Gasteiger partial charge in [0.1, 0.15) is 0 Å². The third-order valence-corrected chi connectivity index (χ3v) is 3.62. The predicted octanol–water partition coefficient (Wildman–Crippen LogP) is 0.268. The Morgan fingerprint density at radius 3 is 2.00 bits per heavy atom. The molecule has 0 saturated heterocycles. The molecule has 0 atom stereocenters. The van der Waals surface area contributed by atoms with Gasteiger partial charge in [0, 0.05) is 12.7 Å². The first-order valence-corrected chi connectivity index (χ1v) is 6.59. The van der Waals surface area contributed by atoms with Crippen LogP contribution >= 0.6 is 0 Å². The predicted molar refractivity (Wildman–Crippen MR) is 82.3 cm³/mol. The Morgan fingerprint density at radius 1 is 0.905 bits per heavy atom. The molecule has 1 aromatic heterocycles. The minimum absolute atomic E-state index is 0. The van der Waals surface area contributed by atoms with Crippen molar-refractivity contribution in [2.75, 3.05) is 0 Å². The van der Waals surface area contributed by atoms with Crippen molar-refractivity contribution >= 4 is 0 Å². The first kappa shape index (κ1) is 15.8. The minimum atomic E-state index is 0. The Hall–Kier alpha value is -1.55. The fourth-order valence-corrected chi connectivity index (χ4v) is 2.51. The van der Waals surface area contributed by atoms with Gasteiger partial charge in [-0.05, 0) is 24.6 Å². The number of hydrogen-bond acceptors (Lipinski definition) is 1. The summed E-state index contributed by atoms with van der Waals surface area (Å²) in [6, 6.07) is 19.5. The standard InChI is InChI=1S/C17H16N2O.Na.H/c1-13-16(14-9-5-3-6-10-14)17(20)19(18(13)2)15-11-7-4-8-12-15;;/h3-12H,1-2H3;;/q;+1;-1. The molecule has 3 nitrogen and oxygen atoms in total. The van der Waals surface area contributed by atoms with Crippen molar-refractivity contribution in [2.45, 2.75) is 6.92 Å². The summed E-state index contributed by atoms with van der Waals surface area (Å²) in [6.07, 6.45) is 0. The van der Waals surface area contributed by atoms with E-state index in [9.17, 15) is 4.79 Å². The van der Waals surface area contributed by atoms with E-state index >= 15 is 0 Å². The first-order chi connectivity index (χ1) is 9.70. The maximum absolute atomic E-state index is 12.8. The van der Waals surface area contributed by atoms with Crippen molar-refractivity contribution in [1.82, 2.24) is 9.36 Å². The van der Waals surface area contributed by atoms with E-state index in [1.165, 1.54) is 0 Å². The fourth-order valence-electron chi connectivity index (χ4n) is 2.51. The normalized spacial score (nSPS) is 10.2. The molecular formula is C17H17N2NaO. The summed E-state index contributed by atoms with van der Waals surface area (Å²) in [6.45, 7) is 1.98. The van der Waals surface area contributed by atoms with E-state index in [1.807, 2.05) is 79.3 Å². The topological polar surface area (TPSA) is 26.9 Å². The molecule has 102 valence electrons. The summed E-state index contributed by atoms with van der Waals surface area (Å²) in [5.41, 5.74) is 3.58. The average molecular weight is 288 g/mol. The van der Waals surface area contributed by atoms with Crippen molar-refractivity contribution in [2.24, 2.45) is 7.05 Å². The quantitative estimate of drug-likeness (QED) is 0.622. The molecule has 3 rings (SSSR count). The van der Waals surface area contributed by atoms with Crippen molar-refractivity contribution < 1.29 is 31.0 Å². The van der Waals surface area contributed by atoms with Crippen LogP contribution in [-0.4, -0.2) is 9.36 Å². The van der Waals surface area contributed by atoms with E-state index < -0.39 is 0 Å². The number of nitrogens with zero attached hydrogens (tertiary/aromatic N) is 2. The zero-order valence-electron chi connectivity index (χ0n) is 13.6.